The molecule has 5 nitrogen and oxygen atoms in total. The van der Waals surface area contributed by atoms with E-state index < -0.39 is 5.97 Å². The number of carbonyl (C=O) groups is 1. The molecule has 1 aromatic heterocycles. The normalized spacial score (nSPS) is 11.2. The highest BCUT2D eigenvalue weighted by Gasteiger charge is 2.14. The van der Waals surface area contributed by atoms with Crippen LogP contribution in [-0.2, 0) is 4.79 Å². The molecule has 0 atom stereocenters. The average molecular weight is 267 g/mol. The fraction of sp³-hybridized carbons (Fsp3) is 0.133. The fourth-order valence-electron chi connectivity index (χ4n) is 1.97. The van der Waals surface area contributed by atoms with Gasteiger partial charge in [0.15, 0.2) is 0 Å². The maximum atomic E-state index is 10.9. The van der Waals surface area contributed by atoms with Crippen molar-refractivity contribution >= 4 is 12.0 Å². The molecule has 0 aliphatic rings. The molecular formula is C15H13N3O2. The first-order chi connectivity index (χ1) is 9.54. The number of carboxylic acids is 1. The molecule has 20 heavy (non-hydrogen) atoms. The molecule has 0 saturated heterocycles. The average Bonchev–Trinajstić information content (AvgIpc) is 2.72. The first-order valence-electron chi connectivity index (χ1n) is 6.01. The number of hydrogen-bond acceptors (Lipinski definition) is 3. The largest absolute Gasteiger partial charge is 0.477 e. The molecule has 5 heteroatoms. The summed E-state index contributed by atoms with van der Waals surface area (Å²) in [6.45, 7) is 3.63. The lowest BCUT2D eigenvalue weighted by Gasteiger charge is -2.03. The maximum absolute atomic E-state index is 10.9. The lowest BCUT2D eigenvalue weighted by atomic mass is 10.1. The third kappa shape index (κ3) is 2.45. The Balaban J connectivity index is 2.56. The van der Waals surface area contributed by atoms with Crippen LogP contribution in [0.5, 0.6) is 0 Å². The smallest absolute Gasteiger partial charge is 0.346 e. The van der Waals surface area contributed by atoms with Gasteiger partial charge in [-0.15, -0.1) is 0 Å². The van der Waals surface area contributed by atoms with Crippen LogP contribution in [0.2, 0.25) is 0 Å². The Bertz CT molecular complexity index is 722. The Morgan fingerprint density at radius 2 is 2.00 bits per heavy atom. The Hall–Kier alpha value is -2.87. The van der Waals surface area contributed by atoms with Crippen LogP contribution in [0.1, 0.15) is 17.0 Å². The summed E-state index contributed by atoms with van der Waals surface area (Å²) in [5.41, 5.74) is 2.72. The highest BCUT2D eigenvalue weighted by atomic mass is 16.4. The molecular weight excluding hydrogens is 254 g/mol. The lowest BCUT2D eigenvalue weighted by Crippen LogP contribution is -1.99. The Morgan fingerprint density at radius 1 is 1.35 bits per heavy atom. The molecule has 0 spiro atoms. The summed E-state index contributed by atoms with van der Waals surface area (Å²) in [5.74, 6) is -1.24. The molecule has 2 aromatic rings. The van der Waals surface area contributed by atoms with Crippen molar-refractivity contribution in [1.82, 2.24) is 9.78 Å². The van der Waals surface area contributed by atoms with Crippen LogP contribution in [0, 0.1) is 25.2 Å². The molecule has 1 aromatic carbocycles. The van der Waals surface area contributed by atoms with Crippen molar-refractivity contribution in [1.29, 1.82) is 5.26 Å². The van der Waals surface area contributed by atoms with Gasteiger partial charge in [-0.25, -0.2) is 9.48 Å². The van der Waals surface area contributed by atoms with Crippen molar-refractivity contribution in [3.05, 3.63) is 52.9 Å². The van der Waals surface area contributed by atoms with Gasteiger partial charge < -0.3 is 5.11 Å². The van der Waals surface area contributed by atoms with Gasteiger partial charge in [-0.2, -0.15) is 10.4 Å². The summed E-state index contributed by atoms with van der Waals surface area (Å²) >= 11 is 0. The van der Waals surface area contributed by atoms with Gasteiger partial charge in [-0.3, -0.25) is 0 Å². The van der Waals surface area contributed by atoms with Crippen LogP contribution in [0.25, 0.3) is 11.8 Å². The molecule has 100 valence electrons. The van der Waals surface area contributed by atoms with E-state index in [4.69, 9.17) is 10.4 Å². The molecule has 0 saturated carbocycles. The van der Waals surface area contributed by atoms with E-state index >= 15 is 0 Å². The van der Waals surface area contributed by atoms with Crippen LogP contribution in [0.3, 0.4) is 0 Å². The van der Waals surface area contributed by atoms with Crippen LogP contribution in [-0.4, -0.2) is 20.9 Å². The zero-order valence-electron chi connectivity index (χ0n) is 11.2. The topological polar surface area (TPSA) is 78.9 Å². The summed E-state index contributed by atoms with van der Waals surface area (Å²) in [6.07, 6.45) is 1.36. The molecule has 0 amide bonds. The number of nitriles is 1. The molecule has 0 fully saturated rings. The van der Waals surface area contributed by atoms with E-state index in [1.807, 2.05) is 37.3 Å². The van der Waals surface area contributed by atoms with E-state index in [0.29, 0.717) is 11.3 Å². The highest BCUT2D eigenvalue weighted by molar-refractivity contribution is 5.96. The minimum absolute atomic E-state index is 0.302. The number of rotatable bonds is 3. The minimum Gasteiger partial charge on any atom is -0.477 e. The van der Waals surface area contributed by atoms with Gasteiger partial charge in [-0.05, 0) is 32.1 Å². The minimum atomic E-state index is -1.24. The Labute approximate surface area is 116 Å². The molecule has 1 N–H and O–H groups in total. The summed E-state index contributed by atoms with van der Waals surface area (Å²) in [7, 11) is 0. The third-order valence-electron chi connectivity index (χ3n) is 2.99. The number of nitrogens with zero attached hydrogens (tertiary/aromatic N) is 3. The number of aliphatic carboxylic acids is 1. The lowest BCUT2D eigenvalue weighted by molar-refractivity contribution is -0.132. The molecule has 1 heterocycles. The summed E-state index contributed by atoms with van der Waals surface area (Å²) in [4.78, 5) is 10.9. The van der Waals surface area contributed by atoms with E-state index in [1.54, 1.807) is 17.7 Å². The number of hydrogen-bond donors (Lipinski definition) is 1. The summed E-state index contributed by atoms with van der Waals surface area (Å²) in [5, 5.41) is 22.2. The van der Waals surface area contributed by atoms with Gasteiger partial charge >= 0.3 is 5.97 Å². The van der Waals surface area contributed by atoms with Crippen LogP contribution < -0.4 is 0 Å². The molecule has 0 bridgehead atoms. The standard InChI is InChI=1S/C15H13N3O2/c1-10-14(8-12(9-16)15(19)20)11(2)18(17-10)13-6-4-3-5-7-13/h3-8H,1-2H3,(H,19,20)/b12-8+. The molecule has 0 unspecified atom stereocenters. The van der Waals surface area contributed by atoms with Gasteiger partial charge in [0.2, 0.25) is 0 Å². The second-order valence-corrected chi connectivity index (χ2v) is 4.31. The van der Waals surface area contributed by atoms with E-state index in [9.17, 15) is 4.79 Å². The van der Waals surface area contributed by atoms with E-state index in [1.165, 1.54) is 6.08 Å². The number of carboxylic acid groups (broad SMARTS) is 1. The van der Waals surface area contributed by atoms with Gasteiger partial charge in [-0.1, -0.05) is 18.2 Å². The van der Waals surface area contributed by atoms with Crippen molar-refractivity contribution in [3.63, 3.8) is 0 Å². The zero-order chi connectivity index (χ0) is 14.7. The number of benzene rings is 1. The van der Waals surface area contributed by atoms with Gasteiger partial charge in [0.1, 0.15) is 11.6 Å². The number of aryl methyl sites for hydroxylation is 1. The highest BCUT2D eigenvalue weighted by Crippen LogP contribution is 2.20. The SMILES string of the molecule is Cc1nn(-c2ccccc2)c(C)c1/C=C(\C#N)C(=O)O. The predicted octanol–water partition coefficient (Wildman–Crippen LogP) is 2.48. The van der Waals surface area contributed by atoms with Crippen molar-refractivity contribution in [2.24, 2.45) is 0 Å². The quantitative estimate of drug-likeness (QED) is 0.684. The summed E-state index contributed by atoms with van der Waals surface area (Å²) in [6, 6.07) is 11.2. The fourth-order valence-corrected chi connectivity index (χ4v) is 1.97. The first-order valence-corrected chi connectivity index (χ1v) is 6.01. The molecule has 0 radical (unpaired) electrons. The number of para-hydroxylation sites is 1. The molecule has 0 aliphatic carbocycles. The Morgan fingerprint density at radius 3 is 2.55 bits per heavy atom. The first kappa shape index (κ1) is 13.6. The third-order valence-corrected chi connectivity index (χ3v) is 2.99. The second-order valence-electron chi connectivity index (χ2n) is 4.31. The second kappa shape index (κ2) is 5.41. The molecule has 2 rings (SSSR count). The van der Waals surface area contributed by atoms with Crippen molar-refractivity contribution < 1.29 is 9.90 Å². The summed E-state index contributed by atoms with van der Waals surface area (Å²) < 4.78 is 1.73. The predicted molar refractivity (Wildman–Crippen MR) is 74.3 cm³/mol. The maximum Gasteiger partial charge on any atom is 0.346 e. The van der Waals surface area contributed by atoms with Crippen LogP contribution in [0.4, 0.5) is 0 Å². The van der Waals surface area contributed by atoms with E-state index in [0.717, 1.165) is 11.4 Å². The van der Waals surface area contributed by atoms with Crippen molar-refractivity contribution in [2.75, 3.05) is 0 Å². The monoisotopic (exact) mass is 267 g/mol. The van der Waals surface area contributed by atoms with E-state index in [2.05, 4.69) is 5.10 Å². The van der Waals surface area contributed by atoms with Crippen molar-refractivity contribution in [3.8, 4) is 11.8 Å². The van der Waals surface area contributed by atoms with Crippen molar-refractivity contribution in [2.45, 2.75) is 13.8 Å². The Kier molecular flexibility index (Phi) is 3.67. The van der Waals surface area contributed by atoms with Crippen LogP contribution >= 0.6 is 0 Å². The zero-order valence-corrected chi connectivity index (χ0v) is 11.2. The van der Waals surface area contributed by atoms with Gasteiger partial charge in [0, 0.05) is 11.3 Å². The van der Waals surface area contributed by atoms with Gasteiger partial charge in [0.05, 0.1) is 11.4 Å². The number of aromatic nitrogens is 2. The van der Waals surface area contributed by atoms with E-state index in [-0.39, 0.29) is 5.57 Å². The van der Waals surface area contributed by atoms with Crippen LogP contribution in [0.15, 0.2) is 35.9 Å². The molecule has 0 aliphatic heterocycles. The van der Waals surface area contributed by atoms with Gasteiger partial charge in [0.25, 0.3) is 0 Å².